The van der Waals surface area contributed by atoms with E-state index in [2.05, 4.69) is 9.97 Å². The van der Waals surface area contributed by atoms with E-state index in [-0.39, 0.29) is 12.2 Å². The van der Waals surface area contributed by atoms with Crippen LogP contribution in [0, 0.1) is 0 Å². The molecule has 3 aromatic rings. The zero-order valence-corrected chi connectivity index (χ0v) is 11.3. The van der Waals surface area contributed by atoms with Gasteiger partial charge in [0, 0.05) is 18.0 Å². The van der Waals surface area contributed by atoms with Crippen molar-refractivity contribution in [1.82, 2.24) is 9.97 Å². The topological polar surface area (TPSA) is 42.9 Å². The van der Waals surface area contributed by atoms with E-state index in [9.17, 15) is 4.79 Å². The van der Waals surface area contributed by atoms with E-state index in [1.54, 1.807) is 24.4 Å². The molecule has 2 aromatic heterocycles. The molecule has 0 atom stereocenters. The highest BCUT2D eigenvalue weighted by Gasteiger charge is 2.11. The number of para-hydroxylation sites is 1. The summed E-state index contributed by atoms with van der Waals surface area (Å²) < 4.78 is 0. The first kappa shape index (κ1) is 12.8. The minimum absolute atomic E-state index is 0.0520. The van der Waals surface area contributed by atoms with Crippen molar-refractivity contribution >= 4 is 28.3 Å². The molecule has 0 unspecified atom stereocenters. The lowest BCUT2D eigenvalue weighted by Crippen LogP contribution is -2.06. The number of benzene rings is 1. The van der Waals surface area contributed by atoms with Crippen LogP contribution in [0.5, 0.6) is 0 Å². The number of nitrogens with zero attached hydrogens (tertiary/aromatic N) is 2. The maximum Gasteiger partial charge on any atom is 0.185 e. The molecule has 0 aliphatic rings. The molecule has 1 aromatic carbocycles. The van der Waals surface area contributed by atoms with Crippen LogP contribution in [0.25, 0.3) is 10.9 Å². The molecule has 0 saturated carbocycles. The Morgan fingerprint density at radius 3 is 2.75 bits per heavy atom. The van der Waals surface area contributed by atoms with Crippen LogP contribution in [-0.2, 0) is 6.42 Å². The highest BCUT2D eigenvalue weighted by atomic mass is 35.5. The van der Waals surface area contributed by atoms with Gasteiger partial charge < -0.3 is 0 Å². The number of ketones is 1. The fourth-order valence-corrected chi connectivity index (χ4v) is 2.30. The van der Waals surface area contributed by atoms with E-state index in [1.807, 2.05) is 30.3 Å². The molecule has 4 heteroatoms. The van der Waals surface area contributed by atoms with E-state index in [4.69, 9.17) is 11.6 Å². The number of Topliss-reactive ketones (excluding diaryl/α,β-unsaturated/α-hetero) is 1. The number of halogens is 1. The molecule has 3 nitrogen and oxygen atoms in total. The van der Waals surface area contributed by atoms with Gasteiger partial charge in [0.05, 0.1) is 5.52 Å². The quantitative estimate of drug-likeness (QED) is 0.543. The second-order valence-corrected chi connectivity index (χ2v) is 4.82. The maximum absolute atomic E-state index is 12.3. The Labute approximate surface area is 121 Å². The summed E-state index contributed by atoms with van der Waals surface area (Å²) in [6.45, 7) is 0. The van der Waals surface area contributed by atoms with Gasteiger partial charge in [-0.3, -0.25) is 9.78 Å². The van der Waals surface area contributed by atoms with Crippen molar-refractivity contribution in [3.63, 3.8) is 0 Å². The third-order valence-electron chi connectivity index (χ3n) is 3.09. The molecule has 2 heterocycles. The number of carbonyl (C=O) groups excluding carboxylic acids is 1. The SMILES string of the molecule is O=C(Cc1ccnc2ccccc12)c1cccc(Cl)n1. The third-order valence-corrected chi connectivity index (χ3v) is 3.30. The third kappa shape index (κ3) is 2.53. The van der Waals surface area contributed by atoms with Crippen LogP contribution in [0.2, 0.25) is 5.15 Å². The largest absolute Gasteiger partial charge is 0.292 e. The average Bonchev–Trinajstić information content (AvgIpc) is 2.47. The van der Waals surface area contributed by atoms with Gasteiger partial charge in [0.1, 0.15) is 10.8 Å². The smallest absolute Gasteiger partial charge is 0.185 e. The number of fused-ring (bicyclic) bond motifs is 1. The predicted molar refractivity (Wildman–Crippen MR) is 79.0 cm³/mol. The van der Waals surface area contributed by atoms with Crippen LogP contribution in [0.1, 0.15) is 16.1 Å². The van der Waals surface area contributed by atoms with Crippen LogP contribution in [0.15, 0.2) is 54.7 Å². The van der Waals surface area contributed by atoms with Gasteiger partial charge in [0.2, 0.25) is 0 Å². The van der Waals surface area contributed by atoms with Crippen LogP contribution < -0.4 is 0 Å². The van der Waals surface area contributed by atoms with Gasteiger partial charge >= 0.3 is 0 Å². The van der Waals surface area contributed by atoms with E-state index in [0.717, 1.165) is 16.5 Å². The van der Waals surface area contributed by atoms with Crippen LogP contribution in [-0.4, -0.2) is 15.8 Å². The van der Waals surface area contributed by atoms with Crippen molar-refractivity contribution in [2.24, 2.45) is 0 Å². The summed E-state index contributed by atoms with van der Waals surface area (Å²) in [6.07, 6.45) is 2.01. The molecule has 0 radical (unpaired) electrons. The molecule has 0 N–H and O–H groups in total. The van der Waals surface area contributed by atoms with E-state index < -0.39 is 0 Å². The molecule has 98 valence electrons. The molecule has 0 fully saturated rings. The summed E-state index contributed by atoms with van der Waals surface area (Å²) in [4.78, 5) is 20.6. The predicted octanol–water partition coefficient (Wildman–Crippen LogP) is 3.71. The number of pyridine rings is 2. The average molecular weight is 283 g/mol. The lowest BCUT2D eigenvalue weighted by Gasteiger charge is -2.05. The van der Waals surface area contributed by atoms with Gasteiger partial charge in [-0.1, -0.05) is 35.9 Å². The first-order valence-electron chi connectivity index (χ1n) is 6.22. The summed E-state index contributed by atoms with van der Waals surface area (Å²) in [7, 11) is 0. The molecular formula is C16H11ClN2O. The van der Waals surface area contributed by atoms with Crippen molar-refractivity contribution in [3.05, 3.63) is 71.1 Å². The number of hydrogen-bond acceptors (Lipinski definition) is 3. The molecule has 0 bridgehead atoms. The van der Waals surface area contributed by atoms with Gasteiger partial charge in [-0.15, -0.1) is 0 Å². The number of aromatic nitrogens is 2. The Morgan fingerprint density at radius 2 is 1.90 bits per heavy atom. The molecule has 0 spiro atoms. The zero-order valence-electron chi connectivity index (χ0n) is 10.6. The van der Waals surface area contributed by atoms with Crippen LogP contribution in [0.4, 0.5) is 0 Å². The molecule has 0 amide bonds. The number of hydrogen-bond donors (Lipinski definition) is 0. The van der Waals surface area contributed by atoms with Gasteiger partial charge in [0.25, 0.3) is 0 Å². The first-order valence-corrected chi connectivity index (χ1v) is 6.60. The van der Waals surface area contributed by atoms with Crippen LogP contribution >= 0.6 is 11.6 Å². The van der Waals surface area contributed by atoms with E-state index in [0.29, 0.717) is 10.8 Å². The molecule has 0 saturated heterocycles. The lowest BCUT2D eigenvalue weighted by molar-refractivity contribution is 0.0988. The minimum Gasteiger partial charge on any atom is -0.292 e. The Bertz CT molecular complexity index is 781. The van der Waals surface area contributed by atoms with Crippen molar-refractivity contribution in [1.29, 1.82) is 0 Å². The fourth-order valence-electron chi connectivity index (χ4n) is 2.14. The maximum atomic E-state index is 12.3. The van der Waals surface area contributed by atoms with Crippen molar-refractivity contribution < 1.29 is 4.79 Å². The summed E-state index contributed by atoms with van der Waals surface area (Å²) in [6, 6.07) is 14.7. The second kappa shape index (κ2) is 5.39. The molecule has 20 heavy (non-hydrogen) atoms. The van der Waals surface area contributed by atoms with Crippen molar-refractivity contribution in [3.8, 4) is 0 Å². The van der Waals surface area contributed by atoms with Crippen LogP contribution in [0.3, 0.4) is 0 Å². The monoisotopic (exact) mass is 282 g/mol. The Morgan fingerprint density at radius 1 is 1.05 bits per heavy atom. The van der Waals surface area contributed by atoms with E-state index >= 15 is 0 Å². The number of carbonyl (C=O) groups is 1. The molecular weight excluding hydrogens is 272 g/mol. The van der Waals surface area contributed by atoms with Crippen molar-refractivity contribution in [2.75, 3.05) is 0 Å². The van der Waals surface area contributed by atoms with Gasteiger partial charge in [0.15, 0.2) is 5.78 Å². The Hall–Kier alpha value is -2.26. The van der Waals surface area contributed by atoms with Crippen molar-refractivity contribution in [2.45, 2.75) is 6.42 Å². The Kier molecular flexibility index (Phi) is 3.44. The fraction of sp³-hybridized carbons (Fsp3) is 0.0625. The summed E-state index contributed by atoms with van der Waals surface area (Å²) in [5, 5.41) is 1.32. The highest BCUT2D eigenvalue weighted by Crippen LogP contribution is 2.18. The summed E-state index contributed by atoms with van der Waals surface area (Å²) >= 11 is 5.81. The highest BCUT2D eigenvalue weighted by molar-refractivity contribution is 6.29. The summed E-state index contributed by atoms with van der Waals surface area (Å²) in [5.74, 6) is -0.0520. The van der Waals surface area contributed by atoms with E-state index in [1.165, 1.54) is 0 Å². The van der Waals surface area contributed by atoms with Gasteiger partial charge in [-0.05, 0) is 29.8 Å². The normalized spacial score (nSPS) is 10.7. The standard InChI is InChI=1S/C16H11ClN2O/c17-16-7-3-6-14(19-16)15(20)10-11-8-9-18-13-5-2-1-4-12(11)13/h1-9H,10H2. The second-order valence-electron chi connectivity index (χ2n) is 4.43. The first-order chi connectivity index (χ1) is 9.74. The van der Waals surface area contributed by atoms with Gasteiger partial charge in [-0.25, -0.2) is 4.98 Å². The summed E-state index contributed by atoms with van der Waals surface area (Å²) in [5.41, 5.74) is 2.22. The molecule has 3 rings (SSSR count). The lowest BCUT2D eigenvalue weighted by atomic mass is 10.0. The molecule has 0 aliphatic carbocycles. The number of rotatable bonds is 3. The Balaban J connectivity index is 1.95. The van der Waals surface area contributed by atoms with Gasteiger partial charge in [-0.2, -0.15) is 0 Å². The zero-order chi connectivity index (χ0) is 13.9. The molecule has 0 aliphatic heterocycles. The minimum atomic E-state index is -0.0520.